The van der Waals surface area contributed by atoms with E-state index in [0.717, 1.165) is 93.9 Å². The minimum atomic E-state index is 0.567. The maximum Gasteiger partial charge on any atom is 0.164 e. The van der Waals surface area contributed by atoms with Gasteiger partial charge in [-0.3, -0.25) is 0 Å². The minimum absolute atomic E-state index is 0.567. The molecule has 0 saturated carbocycles. The smallest absolute Gasteiger partial charge is 0.164 e. The van der Waals surface area contributed by atoms with Crippen molar-refractivity contribution in [2.45, 2.75) is 0 Å². The van der Waals surface area contributed by atoms with Gasteiger partial charge in [0.25, 0.3) is 0 Å². The molecular weight excluding hydrogens is 901 g/mol. The number of fused-ring (bicyclic) bond motifs is 10. The number of hydrogen-bond acceptors (Lipinski definition) is 4. The van der Waals surface area contributed by atoms with Crippen molar-refractivity contribution in [1.29, 1.82) is 0 Å². The third-order valence-corrected chi connectivity index (χ3v) is 14.8. The fraction of sp³-hybridized carbons (Fsp3) is 0. The molecule has 0 N–H and O–H groups in total. The van der Waals surface area contributed by atoms with Crippen molar-refractivity contribution in [3.8, 4) is 73.2 Å². The summed E-state index contributed by atoms with van der Waals surface area (Å²) in [4.78, 5) is 16.0. The fourth-order valence-corrected chi connectivity index (χ4v) is 11.4. The van der Waals surface area contributed by atoms with Crippen LogP contribution in [0.25, 0.3) is 149 Å². The zero-order valence-corrected chi connectivity index (χ0v) is 39.9. The second kappa shape index (κ2) is 16.8. The zero-order valence-electron chi connectivity index (χ0n) is 39.9. The summed E-state index contributed by atoms with van der Waals surface area (Å²) in [6.07, 6.45) is 0. The molecule has 5 heteroatoms. The van der Waals surface area contributed by atoms with Gasteiger partial charge in [0.15, 0.2) is 17.5 Å². The van der Waals surface area contributed by atoms with Gasteiger partial charge in [-0.05, 0) is 96.5 Å². The van der Waals surface area contributed by atoms with Gasteiger partial charge in [0.05, 0.1) is 16.7 Å². The van der Waals surface area contributed by atoms with Crippen molar-refractivity contribution in [2.75, 3.05) is 0 Å². The molecule has 5 nitrogen and oxygen atoms in total. The highest BCUT2D eigenvalue weighted by molar-refractivity contribution is 6.24. The van der Waals surface area contributed by atoms with E-state index >= 15 is 0 Å². The second-order valence-corrected chi connectivity index (χ2v) is 19.1. The van der Waals surface area contributed by atoms with Crippen molar-refractivity contribution in [3.63, 3.8) is 0 Å². The zero-order chi connectivity index (χ0) is 48.7. The highest BCUT2D eigenvalue weighted by atomic mass is 16.3. The first-order valence-electron chi connectivity index (χ1n) is 25.1. The lowest BCUT2D eigenvalue weighted by Gasteiger charge is -2.16. The predicted octanol–water partition coefficient (Wildman–Crippen LogP) is 18.3. The van der Waals surface area contributed by atoms with E-state index in [0.29, 0.717) is 17.5 Å². The maximum absolute atomic E-state index is 7.04. The molecule has 0 aliphatic heterocycles. The first kappa shape index (κ1) is 41.8. The van der Waals surface area contributed by atoms with Crippen molar-refractivity contribution in [2.24, 2.45) is 0 Å². The highest BCUT2D eigenvalue weighted by Gasteiger charge is 2.24. The molecule has 0 radical (unpaired) electrons. The molecule has 15 rings (SSSR count). The summed E-state index contributed by atoms with van der Waals surface area (Å²) in [6, 6.07) is 90.6. The Balaban J connectivity index is 0.998. The van der Waals surface area contributed by atoms with Gasteiger partial charge >= 0.3 is 0 Å². The normalized spacial score (nSPS) is 11.8. The summed E-state index contributed by atoms with van der Waals surface area (Å²) in [5, 5.41) is 11.4. The lowest BCUT2D eigenvalue weighted by atomic mass is 9.94. The first-order valence-corrected chi connectivity index (χ1v) is 25.1. The molecule has 74 heavy (non-hydrogen) atoms. The summed E-state index contributed by atoms with van der Waals surface area (Å²) >= 11 is 0. The molecule has 3 heterocycles. The fourth-order valence-electron chi connectivity index (χ4n) is 11.4. The average Bonchev–Trinajstić information content (AvgIpc) is 4.02. The van der Waals surface area contributed by atoms with Crippen LogP contribution in [0.2, 0.25) is 0 Å². The lowest BCUT2D eigenvalue weighted by Crippen LogP contribution is -2.01. The number of nitrogens with zero attached hydrogens (tertiary/aromatic N) is 4. The van der Waals surface area contributed by atoms with Gasteiger partial charge < -0.3 is 8.98 Å². The SMILES string of the molecule is c1ccc(-c2ccc(-c3cc4c(cc3-n3c5cc6ccccc6cc5c5c6ccccc6ccc53)oc3cccc(-c5nc(-c6ccccc6)nc(-c6ccc(-c7ccccc7)c7ccccc67)n5)c34)cc2)cc1. The van der Waals surface area contributed by atoms with Gasteiger partial charge in [-0.15, -0.1) is 0 Å². The average molecular weight is 943 g/mol. The maximum atomic E-state index is 7.04. The molecule has 0 aliphatic carbocycles. The van der Waals surface area contributed by atoms with Crippen LogP contribution >= 0.6 is 0 Å². The molecule has 12 aromatic carbocycles. The summed E-state index contributed by atoms with van der Waals surface area (Å²) in [5.41, 5.74) is 14.3. The van der Waals surface area contributed by atoms with Crippen LogP contribution in [0.4, 0.5) is 0 Å². The molecule has 15 aromatic rings. The van der Waals surface area contributed by atoms with Crippen LogP contribution in [0.3, 0.4) is 0 Å². The molecule has 0 atom stereocenters. The van der Waals surface area contributed by atoms with Crippen molar-refractivity contribution >= 4 is 76.1 Å². The lowest BCUT2D eigenvalue weighted by molar-refractivity contribution is 0.668. The largest absolute Gasteiger partial charge is 0.456 e. The first-order chi connectivity index (χ1) is 36.7. The van der Waals surface area contributed by atoms with Crippen molar-refractivity contribution < 1.29 is 4.42 Å². The van der Waals surface area contributed by atoms with E-state index in [1.165, 1.54) is 37.9 Å². The van der Waals surface area contributed by atoms with Crippen LogP contribution in [0, 0.1) is 0 Å². The van der Waals surface area contributed by atoms with E-state index in [2.05, 4.69) is 235 Å². The Kier molecular flexibility index (Phi) is 9.50. The highest BCUT2D eigenvalue weighted by Crippen LogP contribution is 2.46. The van der Waals surface area contributed by atoms with E-state index in [-0.39, 0.29) is 0 Å². The minimum Gasteiger partial charge on any atom is -0.456 e. The Morgan fingerprint density at radius 1 is 0.270 bits per heavy atom. The van der Waals surface area contributed by atoms with Crippen LogP contribution in [0.1, 0.15) is 0 Å². The molecule has 0 bridgehead atoms. The van der Waals surface area contributed by atoms with Gasteiger partial charge in [0, 0.05) is 49.9 Å². The Bertz CT molecular complexity index is 4690. The Morgan fingerprint density at radius 3 is 1.57 bits per heavy atom. The van der Waals surface area contributed by atoms with Gasteiger partial charge in [0.2, 0.25) is 0 Å². The van der Waals surface area contributed by atoms with Gasteiger partial charge in [-0.2, -0.15) is 0 Å². The third-order valence-electron chi connectivity index (χ3n) is 14.8. The molecule has 0 spiro atoms. The number of benzene rings is 12. The molecule has 0 saturated heterocycles. The molecule has 0 fully saturated rings. The summed E-state index contributed by atoms with van der Waals surface area (Å²) in [6.45, 7) is 0. The van der Waals surface area contributed by atoms with Gasteiger partial charge in [-0.25, -0.2) is 15.0 Å². The van der Waals surface area contributed by atoms with Crippen LogP contribution in [0.5, 0.6) is 0 Å². The molecule has 344 valence electrons. The van der Waals surface area contributed by atoms with Crippen molar-refractivity contribution in [3.05, 3.63) is 255 Å². The summed E-state index contributed by atoms with van der Waals surface area (Å²) in [7, 11) is 0. The predicted molar refractivity (Wildman–Crippen MR) is 307 cm³/mol. The van der Waals surface area contributed by atoms with Crippen LogP contribution in [-0.2, 0) is 0 Å². The van der Waals surface area contributed by atoms with E-state index in [4.69, 9.17) is 19.4 Å². The standard InChI is InChI=1S/C69H42N4O/c1-4-17-43(18-5-1)44-31-33-47(34-32-44)57-41-59-64(42-62(57)73-60-38-35-46-21-12-13-26-52(46)65(60)58-39-49-24-10-11-25-50(49)40-61(58)73)74-63-30-16-29-56(66(59)63)69-71-67(48-22-8-3-9-23-48)70-68(72-69)55-37-36-51(45-19-6-2-7-20-45)53-27-14-15-28-54(53)55/h1-42H. The monoisotopic (exact) mass is 942 g/mol. The van der Waals surface area contributed by atoms with Crippen LogP contribution in [-0.4, -0.2) is 19.5 Å². The molecule has 0 unspecified atom stereocenters. The Morgan fingerprint density at radius 2 is 0.824 bits per heavy atom. The quantitative estimate of drug-likeness (QED) is 0.160. The van der Waals surface area contributed by atoms with E-state index in [1.807, 2.05) is 24.3 Å². The van der Waals surface area contributed by atoms with Crippen molar-refractivity contribution in [1.82, 2.24) is 19.5 Å². The van der Waals surface area contributed by atoms with E-state index in [1.54, 1.807) is 0 Å². The Labute approximate surface area is 425 Å². The number of furan rings is 1. The van der Waals surface area contributed by atoms with Crippen LogP contribution < -0.4 is 0 Å². The van der Waals surface area contributed by atoms with Gasteiger partial charge in [-0.1, -0.05) is 212 Å². The topological polar surface area (TPSA) is 56.7 Å². The molecule has 3 aromatic heterocycles. The number of hydrogen-bond donors (Lipinski definition) is 0. The Hall–Kier alpha value is -9.97. The van der Waals surface area contributed by atoms with Crippen LogP contribution in [0.15, 0.2) is 259 Å². The van der Waals surface area contributed by atoms with Gasteiger partial charge in [0.1, 0.15) is 11.2 Å². The summed E-state index contributed by atoms with van der Waals surface area (Å²) in [5.74, 6) is 1.76. The second-order valence-electron chi connectivity index (χ2n) is 19.1. The third kappa shape index (κ3) is 6.75. The molecule has 0 amide bonds. The van der Waals surface area contributed by atoms with E-state index < -0.39 is 0 Å². The van der Waals surface area contributed by atoms with E-state index in [9.17, 15) is 0 Å². The summed E-state index contributed by atoms with van der Waals surface area (Å²) < 4.78 is 9.50. The molecular formula is C69H42N4O. The molecule has 0 aliphatic rings. The number of aromatic nitrogens is 4. The number of rotatable bonds is 7.